The molecule has 2 aromatic carbocycles. The predicted molar refractivity (Wildman–Crippen MR) is 92.0 cm³/mol. The van der Waals surface area contributed by atoms with Crippen molar-refractivity contribution in [3.8, 4) is 5.75 Å². The third-order valence-electron chi connectivity index (χ3n) is 3.68. The van der Waals surface area contributed by atoms with Gasteiger partial charge in [-0.05, 0) is 23.8 Å². The number of nitrogens with one attached hydrogen (secondary N) is 1. The summed E-state index contributed by atoms with van der Waals surface area (Å²) in [4.78, 5) is 4.10. The lowest BCUT2D eigenvalue weighted by atomic mass is 10.2. The Labute approximate surface area is 141 Å². The van der Waals surface area contributed by atoms with Crippen molar-refractivity contribution in [3.63, 3.8) is 0 Å². The molecule has 3 nitrogen and oxygen atoms in total. The van der Waals surface area contributed by atoms with Gasteiger partial charge in [0.05, 0.1) is 0 Å². The molecule has 0 saturated heterocycles. The van der Waals surface area contributed by atoms with Crippen LogP contribution in [0, 0.1) is 5.82 Å². The van der Waals surface area contributed by atoms with Crippen LogP contribution < -0.4 is 10.1 Å². The molecule has 0 atom stereocenters. The molecule has 0 aliphatic rings. The molecule has 1 aromatic heterocycles. The van der Waals surface area contributed by atoms with E-state index in [9.17, 15) is 4.39 Å². The number of ether oxygens (including phenoxy) is 1. The van der Waals surface area contributed by atoms with Gasteiger partial charge in [-0.1, -0.05) is 42.5 Å². The minimum absolute atomic E-state index is 0.215. The van der Waals surface area contributed by atoms with E-state index in [2.05, 4.69) is 10.3 Å². The van der Waals surface area contributed by atoms with Crippen molar-refractivity contribution in [3.05, 3.63) is 95.6 Å². The Morgan fingerprint density at radius 2 is 1.67 bits per heavy atom. The van der Waals surface area contributed by atoms with Crippen LogP contribution in [0.1, 0.15) is 16.7 Å². The number of aromatic nitrogens is 1. The van der Waals surface area contributed by atoms with Gasteiger partial charge in [0, 0.05) is 36.6 Å². The Bertz CT molecular complexity index is 777. The molecule has 4 heteroatoms. The third kappa shape index (κ3) is 4.40. The van der Waals surface area contributed by atoms with Crippen molar-refractivity contribution >= 4 is 0 Å². The Balaban J connectivity index is 1.59. The van der Waals surface area contributed by atoms with Gasteiger partial charge in [-0.15, -0.1) is 0 Å². The standard InChI is InChI=1S/C20H19FN2O/c21-19-9-3-1-8-18(19)15-24-20-10-4-2-7-17(20)14-23-13-16-6-5-11-22-12-16/h1-12,23H,13-15H2. The molecule has 0 aliphatic heterocycles. The fraction of sp³-hybridized carbons (Fsp3) is 0.150. The lowest BCUT2D eigenvalue weighted by Gasteiger charge is -2.12. The maximum absolute atomic E-state index is 13.7. The summed E-state index contributed by atoms with van der Waals surface area (Å²) in [5.41, 5.74) is 2.72. The smallest absolute Gasteiger partial charge is 0.129 e. The molecule has 3 rings (SSSR count). The van der Waals surface area contributed by atoms with E-state index in [1.807, 2.05) is 48.7 Å². The van der Waals surface area contributed by atoms with E-state index in [1.165, 1.54) is 6.07 Å². The molecular formula is C20H19FN2O. The lowest BCUT2D eigenvalue weighted by Crippen LogP contribution is -2.13. The molecule has 3 aromatic rings. The second-order valence-electron chi connectivity index (χ2n) is 5.45. The number of benzene rings is 2. The highest BCUT2D eigenvalue weighted by molar-refractivity contribution is 5.33. The van der Waals surface area contributed by atoms with Crippen molar-refractivity contribution in [1.82, 2.24) is 10.3 Å². The molecule has 0 saturated carbocycles. The number of hydrogen-bond donors (Lipinski definition) is 1. The van der Waals surface area contributed by atoms with Crippen LogP contribution in [-0.4, -0.2) is 4.98 Å². The van der Waals surface area contributed by atoms with E-state index in [4.69, 9.17) is 4.74 Å². The average Bonchev–Trinajstić information content (AvgIpc) is 2.63. The zero-order chi connectivity index (χ0) is 16.6. The number of pyridine rings is 1. The largest absolute Gasteiger partial charge is 0.488 e. The second kappa shape index (κ2) is 8.22. The first-order valence-corrected chi connectivity index (χ1v) is 7.86. The molecule has 24 heavy (non-hydrogen) atoms. The molecular weight excluding hydrogens is 303 g/mol. The van der Waals surface area contributed by atoms with Crippen molar-refractivity contribution in [2.45, 2.75) is 19.7 Å². The van der Waals surface area contributed by atoms with Crippen LogP contribution in [0.5, 0.6) is 5.75 Å². The van der Waals surface area contributed by atoms with E-state index in [-0.39, 0.29) is 12.4 Å². The normalized spacial score (nSPS) is 10.5. The maximum atomic E-state index is 13.7. The highest BCUT2D eigenvalue weighted by Gasteiger charge is 2.06. The summed E-state index contributed by atoms with van der Waals surface area (Å²) in [5.74, 6) is 0.518. The van der Waals surface area contributed by atoms with Gasteiger partial charge in [0.25, 0.3) is 0 Å². The van der Waals surface area contributed by atoms with Gasteiger partial charge < -0.3 is 10.1 Å². The van der Waals surface area contributed by atoms with Gasteiger partial charge in [0.2, 0.25) is 0 Å². The molecule has 0 spiro atoms. The Morgan fingerprint density at radius 3 is 2.46 bits per heavy atom. The van der Waals surface area contributed by atoms with Crippen molar-refractivity contribution in [2.24, 2.45) is 0 Å². The summed E-state index contributed by atoms with van der Waals surface area (Å²) in [6, 6.07) is 18.4. The van der Waals surface area contributed by atoms with E-state index in [0.29, 0.717) is 12.1 Å². The van der Waals surface area contributed by atoms with Gasteiger partial charge in [0.1, 0.15) is 18.2 Å². The minimum atomic E-state index is -0.246. The number of hydrogen-bond acceptors (Lipinski definition) is 3. The predicted octanol–water partition coefficient (Wildman–Crippen LogP) is 4.09. The molecule has 0 radical (unpaired) electrons. The maximum Gasteiger partial charge on any atom is 0.129 e. The van der Waals surface area contributed by atoms with E-state index >= 15 is 0 Å². The first kappa shape index (κ1) is 16.1. The van der Waals surface area contributed by atoms with E-state index in [0.717, 1.165) is 23.4 Å². The van der Waals surface area contributed by atoms with Gasteiger partial charge in [-0.3, -0.25) is 4.98 Å². The average molecular weight is 322 g/mol. The fourth-order valence-corrected chi connectivity index (χ4v) is 2.41. The highest BCUT2D eigenvalue weighted by Crippen LogP contribution is 2.20. The molecule has 122 valence electrons. The zero-order valence-corrected chi connectivity index (χ0v) is 13.3. The molecule has 1 N–H and O–H groups in total. The summed E-state index contributed by atoms with van der Waals surface area (Å²) >= 11 is 0. The van der Waals surface area contributed by atoms with Gasteiger partial charge in [-0.2, -0.15) is 0 Å². The minimum Gasteiger partial charge on any atom is -0.488 e. The van der Waals surface area contributed by atoms with Gasteiger partial charge in [0.15, 0.2) is 0 Å². The quantitative estimate of drug-likeness (QED) is 0.711. The number of rotatable bonds is 7. The van der Waals surface area contributed by atoms with E-state index < -0.39 is 0 Å². The molecule has 0 amide bonds. The van der Waals surface area contributed by atoms with Crippen LogP contribution in [0.15, 0.2) is 73.1 Å². The van der Waals surface area contributed by atoms with Crippen LogP contribution in [0.3, 0.4) is 0 Å². The first-order valence-electron chi connectivity index (χ1n) is 7.86. The Kier molecular flexibility index (Phi) is 5.53. The number of halogens is 1. The Morgan fingerprint density at radius 1 is 0.875 bits per heavy atom. The zero-order valence-electron chi connectivity index (χ0n) is 13.3. The fourth-order valence-electron chi connectivity index (χ4n) is 2.41. The van der Waals surface area contributed by atoms with Gasteiger partial charge in [-0.25, -0.2) is 4.39 Å². The van der Waals surface area contributed by atoms with Crippen LogP contribution in [-0.2, 0) is 19.7 Å². The summed E-state index contributed by atoms with van der Waals surface area (Å²) < 4.78 is 19.5. The van der Waals surface area contributed by atoms with Crippen LogP contribution in [0.25, 0.3) is 0 Å². The van der Waals surface area contributed by atoms with Crippen molar-refractivity contribution in [1.29, 1.82) is 0 Å². The Hall–Kier alpha value is -2.72. The van der Waals surface area contributed by atoms with Crippen LogP contribution in [0.4, 0.5) is 4.39 Å². The second-order valence-corrected chi connectivity index (χ2v) is 5.45. The first-order chi connectivity index (χ1) is 11.8. The molecule has 1 heterocycles. The summed E-state index contributed by atoms with van der Waals surface area (Å²) in [6.45, 7) is 1.62. The summed E-state index contributed by atoms with van der Waals surface area (Å²) in [5, 5.41) is 3.37. The molecule has 0 aliphatic carbocycles. The number of para-hydroxylation sites is 1. The van der Waals surface area contributed by atoms with Crippen molar-refractivity contribution in [2.75, 3.05) is 0 Å². The van der Waals surface area contributed by atoms with E-state index in [1.54, 1.807) is 18.3 Å². The monoisotopic (exact) mass is 322 g/mol. The lowest BCUT2D eigenvalue weighted by molar-refractivity contribution is 0.296. The highest BCUT2D eigenvalue weighted by atomic mass is 19.1. The van der Waals surface area contributed by atoms with Crippen molar-refractivity contribution < 1.29 is 9.13 Å². The molecule has 0 unspecified atom stereocenters. The van der Waals surface area contributed by atoms with Crippen LogP contribution in [0.2, 0.25) is 0 Å². The third-order valence-corrected chi connectivity index (χ3v) is 3.68. The summed E-state index contributed by atoms with van der Waals surface area (Å²) in [7, 11) is 0. The molecule has 0 fully saturated rings. The van der Waals surface area contributed by atoms with Gasteiger partial charge >= 0.3 is 0 Å². The molecule has 0 bridgehead atoms. The number of nitrogens with zero attached hydrogens (tertiary/aromatic N) is 1. The SMILES string of the molecule is Fc1ccccc1COc1ccccc1CNCc1cccnc1. The topological polar surface area (TPSA) is 34.1 Å². The summed E-state index contributed by atoms with van der Waals surface area (Å²) in [6.07, 6.45) is 3.60. The van der Waals surface area contributed by atoms with Crippen LogP contribution >= 0.6 is 0 Å².